The molecule has 2 aromatic carbocycles. The van der Waals surface area contributed by atoms with Gasteiger partial charge >= 0.3 is 0 Å². The Labute approximate surface area is 169 Å². The zero-order chi connectivity index (χ0) is 19.2. The fraction of sp³-hybridized carbons (Fsp3) is 0.409. The standard InChI is InChI=1S/C22H25ClFNOS/c1-2-21(17-8-7-15-5-3-4-6-16(15)11-17)25-22(26)14-27-13-18-9-10-19(23)12-20(18)24/h7-12,21H,2-6,13-14H2,1H3,(H,25,26)/t21-/m0/s1. The number of carbonyl (C=O) groups excluding carboxylic acids is 1. The Balaban J connectivity index is 1.54. The molecule has 1 aliphatic carbocycles. The minimum atomic E-state index is -0.323. The van der Waals surface area contributed by atoms with Gasteiger partial charge in [-0.05, 0) is 66.5 Å². The number of hydrogen-bond acceptors (Lipinski definition) is 2. The zero-order valence-corrected chi connectivity index (χ0v) is 17.1. The van der Waals surface area contributed by atoms with Gasteiger partial charge in [-0.15, -0.1) is 11.8 Å². The molecule has 0 unspecified atom stereocenters. The molecule has 1 N–H and O–H groups in total. The average Bonchev–Trinajstić information content (AvgIpc) is 2.67. The highest BCUT2D eigenvalue weighted by atomic mass is 35.5. The molecule has 1 aliphatic rings. The van der Waals surface area contributed by atoms with Crippen LogP contribution in [-0.2, 0) is 23.4 Å². The van der Waals surface area contributed by atoms with Crippen molar-refractivity contribution in [2.45, 2.75) is 50.8 Å². The van der Waals surface area contributed by atoms with Crippen molar-refractivity contribution >= 4 is 29.3 Å². The number of rotatable bonds is 7. The SMILES string of the molecule is CC[C@H](NC(=O)CSCc1ccc(Cl)cc1F)c1ccc2c(c1)CCCC2. The van der Waals surface area contributed by atoms with Crippen LogP contribution in [0, 0.1) is 5.82 Å². The van der Waals surface area contributed by atoms with E-state index < -0.39 is 0 Å². The van der Waals surface area contributed by atoms with E-state index in [4.69, 9.17) is 11.6 Å². The maximum Gasteiger partial charge on any atom is 0.230 e. The van der Waals surface area contributed by atoms with Crippen molar-refractivity contribution in [2.24, 2.45) is 0 Å². The maximum absolute atomic E-state index is 13.8. The number of fused-ring (bicyclic) bond motifs is 1. The number of amides is 1. The van der Waals surface area contributed by atoms with E-state index in [9.17, 15) is 9.18 Å². The first-order valence-electron chi connectivity index (χ1n) is 9.49. The summed E-state index contributed by atoms with van der Waals surface area (Å²) in [4.78, 5) is 12.4. The Morgan fingerprint density at radius 1 is 1.19 bits per heavy atom. The molecule has 0 aromatic heterocycles. The minimum Gasteiger partial charge on any atom is -0.349 e. The highest BCUT2D eigenvalue weighted by Crippen LogP contribution is 2.26. The van der Waals surface area contributed by atoms with E-state index in [0.717, 1.165) is 19.3 Å². The van der Waals surface area contributed by atoms with Crippen LogP contribution in [0.25, 0.3) is 0 Å². The fourth-order valence-electron chi connectivity index (χ4n) is 3.52. The van der Waals surface area contributed by atoms with E-state index in [1.807, 2.05) is 0 Å². The molecule has 2 nitrogen and oxygen atoms in total. The van der Waals surface area contributed by atoms with Gasteiger partial charge in [0.05, 0.1) is 11.8 Å². The smallest absolute Gasteiger partial charge is 0.230 e. The Hall–Kier alpha value is -1.52. The topological polar surface area (TPSA) is 29.1 Å². The molecular weight excluding hydrogens is 381 g/mol. The molecule has 1 amide bonds. The van der Waals surface area contributed by atoms with Crippen molar-refractivity contribution in [1.82, 2.24) is 5.32 Å². The van der Waals surface area contributed by atoms with Crippen LogP contribution in [0.5, 0.6) is 0 Å². The predicted octanol–water partition coefficient (Wildman–Crippen LogP) is 5.86. The lowest BCUT2D eigenvalue weighted by Gasteiger charge is -2.21. The van der Waals surface area contributed by atoms with Gasteiger partial charge in [0.1, 0.15) is 5.82 Å². The lowest BCUT2D eigenvalue weighted by molar-refractivity contribution is -0.119. The van der Waals surface area contributed by atoms with Crippen LogP contribution in [0.15, 0.2) is 36.4 Å². The van der Waals surface area contributed by atoms with Crippen molar-refractivity contribution < 1.29 is 9.18 Å². The molecule has 0 aliphatic heterocycles. The summed E-state index contributed by atoms with van der Waals surface area (Å²) >= 11 is 7.18. The first-order valence-corrected chi connectivity index (χ1v) is 11.0. The van der Waals surface area contributed by atoms with Crippen molar-refractivity contribution in [1.29, 1.82) is 0 Å². The number of carbonyl (C=O) groups is 1. The molecule has 27 heavy (non-hydrogen) atoms. The molecule has 144 valence electrons. The molecule has 1 atom stereocenters. The second-order valence-electron chi connectivity index (χ2n) is 6.99. The number of halogens is 2. The monoisotopic (exact) mass is 405 g/mol. The largest absolute Gasteiger partial charge is 0.349 e. The van der Waals surface area contributed by atoms with Gasteiger partial charge in [0, 0.05) is 10.8 Å². The Morgan fingerprint density at radius 3 is 2.70 bits per heavy atom. The van der Waals surface area contributed by atoms with Gasteiger partial charge in [-0.2, -0.15) is 0 Å². The Morgan fingerprint density at radius 2 is 1.96 bits per heavy atom. The minimum absolute atomic E-state index is 0.0149. The number of thioether (sulfide) groups is 1. The van der Waals surface area contributed by atoms with Crippen LogP contribution < -0.4 is 5.32 Å². The summed E-state index contributed by atoms with van der Waals surface area (Å²) in [5, 5.41) is 3.51. The van der Waals surface area contributed by atoms with Crippen LogP contribution in [0.4, 0.5) is 4.39 Å². The summed E-state index contributed by atoms with van der Waals surface area (Å²) in [7, 11) is 0. The predicted molar refractivity (Wildman–Crippen MR) is 112 cm³/mol. The van der Waals surface area contributed by atoms with Gasteiger partial charge < -0.3 is 5.32 Å². The zero-order valence-electron chi connectivity index (χ0n) is 15.6. The lowest BCUT2D eigenvalue weighted by atomic mass is 9.89. The second-order valence-corrected chi connectivity index (χ2v) is 8.41. The molecule has 0 radical (unpaired) electrons. The van der Waals surface area contributed by atoms with Crippen molar-refractivity contribution in [3.05, 3.63) is 69.5 Å². The summed E-state index contributed by atoms with van der Waals surface area (Å²) in [5.41, 5.74) is 4.63. The van der Waals surface area contributed by atoms with E-state index in [1.165, 1.54) is 47.4 Å². The van der Waals surface area contributed by atoms with Crippen LogP contribution in [-0.4, -0.2) is 11.7 Å². The van der Waals surface area contributed by atoms with Crippen LogP contribution in [0.3, 0.4) is 0 Å². The molecule has 5 heteroatoms. The Kier molecular flexibility index (Phi) is 7.20. The highest BCUT2D eigenvalue weighted by molar-refractivity contribution is 7.99. The van der Waals surface area contributed by atoms with Crippen molar-refractivity contribution in [3.8, 4) is 0 Å². The number of benzene rings is 2. The summed E-state index contributed by atoms with van der Waals surface area (Å²) in [6.45, 7) is 2.08. The van der Waals surface area contributed by atoms with Gasteiger partial charge in [0.2, 0.25) is 5.91 Å². The summed E-state index contributed by atoms with van der Waals surface area (Å²) < 4.78 is 13.8. The molecular formula is C22H25ClFNOS. The van der Waals surface area contributed by atoms with Crippen LogP contribution >= 0.6 is 23.4 Å². The first-order chi connectivity index (χ1) is 13.1. The molecule has 0 saturated heterocycles. The number of hydrogen-bond donors (Lipinski definition) is 1. The number of aryl methyl sites for hydroxylation is 2. The van der Waals surface area contributed by atoms with Crippen LogP contribution in [0.2, 0.25) is 5.02 Å². The molecule has 0 saturated carbocycles. The van der Waals surface area contributed by atoms with Crippen molar-refractivity contribution in [2.75, 3.05) is 5.75 Å². The maximum atomic E-state index is 13.8. The molecule has 0 spiro atoms. The normalized spacial score (nSPS) is 14.5. The van der Waals surface area contributed by atoms with E-state index >= 15 is 0 Å². The summed E-state index contributed by atoms with van der Waals surface area (Å²) in [5.74, 6) is 0.421. The fourth-order valence-corrected chi connectivity index (χ4v) is 4.50. The summed E-state index contributed by atoms with van der Waals surface area (Å²) in [6.07, 6.45) is 5.66. The number of nitrogens with one attached hydrogen (secondary N) is 1. The van der Waals surface area contributed by atoms with E-state index in [0.29, 0.717) is 22.1 Å². The van der Waals surface area contributed by atoms with E-state index in [2.05, 4.69) is 30.4 Å². The average molecular weight is 406 g/mol. The quantitative estimate of drug-likeness (QED) is 0.625. The Bertz CT molecular complexity index is 811. The van der Waals surface area contributed by atoms with Gasteiger partial charge in [-0.3, -0.25) is 4.79 Å². The molecule has 2 aromatic rings. The molecule has 3 rings (SSSR count). The third-order valence-electron chi connectivity index (χ3n) is 5.02. The third kappa shape index (κ3) is 5.49. The van der Waals surface area contributed by atoms with E-state index in [1.54, 1.807) is 12.1 Å². The van der Waals surface area contributed by atoms with Gasteiger partial charge in [-0.1, -0.05) is 42.8 Å². The lowest BCUT2D eigenvalue weighted by Crippen LogP contribution is -2.29. The van der Waals surface area contributed by atoms with Gasteiger partial charge in [-0.25, -0.2) is 4.39 Å². The van der Waals surface area contributed by atoms with Gasteiger partial charge in [0.15, 0.2) is 0 Å². The first kappa shape index (κ1) is 20.2. The van der Waals surface area contributed by atoms with E-state index in [-0.39, 0.29) is 17.8 Å². The van der Waals surface area contributed by atoms with Crippen molar-refractivity contribution in [3.63, 3.8) is 0 Å². The highest BCUT2D eigenvalue weighted by Gasteiger charge is 2.16. The van der Waals surface area contributed by atoms with Crippen LogP contribution in [0.1, 0.15) is 54.5 Å². The summed E-state index contributed by atoms with van der Waals surface area (Å²) in [6, 6.07) is 11.3. The third-order valence-corrected chi connectivity index (χ3v) is 6.24. The second kappa shape index (κ2) is 9.61. The molecule has 0 fully saturated rings. The van der Waals surface area contributed by atoms with Gasteiger partial charge in [0.25, 0.3) is 0 Å². The molecule has 0 bridgehead atoms. The molecule has 0 heterocycles.